The van der Waals surface area contributed by atoms with Crippen molar-refractivity contribution in [2.45, 2.75) is 33.7 Å². The Balaban J connectivity index is 1.77. The Kier molecular flexibility index (Phi) is 6.01. The van der Waals surface area contributed by atoms with E-state index in [4.69, 9.17) is 0 Å². The summed E-state index contributed by atoms with van der Waals surface area (Å²) in [5.74, 6) is -0.263. The molecule has 0 N–H and O–H groups in total. The van der Waals surface area contributed by atoms with Crippen molar-refractivity contribution in [3.63, 3.8) is 0 Å². The number of para-hydroxylation sites is 1. The molecule has 3 aromatic rings. The fraction of sp³-hybridized carbons (Fsp3) is 0.280. The van der Waals surface area contributed by atoms with Crippen LogP contribution in [0.5, 0.6) is 0 Å². The number of carbonyl (C=O) groups is 2. The van der Waals surface area contributed by atoms with Gasteiger partial charge in [-0.1, -0.05) is 51.1 Å². The normalized spacial score (nSPS) is 15.8. The summed E-state index contributed by atoms with van der Waals surface area (Å²) in [5.41, 5.74) is 4.20. The number of imide groups is 1. The van der Waals surface area contributed by atoms with Crippen molar-refractivity contribution in [3.05, 3.63) is 76.1 Å². The molecule has 2 heterocycles. The minimum absolute atomic E-state index is 0.214. The van der Waals surface area contributed by atoms with Crippen LogP contribution < -0.4 is 0 Å². The van der Waals surface area contributed by atoms with E-state index in [-0.39, 0.29) is 22.9 Å². The van der Waals surface area contributed by atoms with Crippen LogP contribution in [0.2, 0.25) is 0 Å². The lowest BCUT2D eigenvalue weighted by atomic mass is 10.1. The van der Waals surface area contributed by atoms with E-state index in [9.17, 15) is 14.0 Å². The Labute approximate surface area is 185 Å². The van der Waals surface area contributed by atoms with Gasteiger partial charge in [0.1, 0.15) is 5.82 Å². The summed E-state index contributed by atoms with van der Waals surface area (Å²) in [7, 11) is 0. The predicted molar refractivity (Wildman–Crippen MR) is 124 cm³/mol. The number of carbonyl (C=O) groups excluding carboxylic acids is 2. The van der Waals surface area contributed by atoms with E-state index in [2.05, 4.69) is 17.6 Å². The number of fused-ring (bicyclic) bond motifs is 1. The molecule has 0 spiro atoms. The molecule has 0 bridgehead atoms. The SMILES string of the molecule is CCc1cccc2c(/C=C3\SC(=O)N(CC(C)C)C3=O)cn(Cc3ccc(F)cc3)c12. The van der Waals surface area contributed by atoms with Crippen molar-refractivity contribution in [2.24, 2.45) is 5.92 Å². The van der Waals surface area contributed by atoms with E-state index in [0.29, 0.717) is 18.0 Å². The van der Waals surface area contributed by atoms with Gasteiger partial charge in [0.15, 0.2) is 0 Å². The monoisotopic (exact) mass is 436 g/mol. The van der Waals surface area contributed by atoms with Gasteiger partial charge >= 0.3 is 0 Å². The second-order valence-corrected chi connectivity index (χ2v) is 9.19. The number of thioether (sulfide) groups is 1. The van der Waals surface area contributed by atoms with Crippen LogP contribution in [0.3, 0.4) is 0 Å². The number of halogens is 1. The summed E-state index contributed by atoms with van der Waals surface area (Å²) in [6.45, 7) is 7.11. The van der Waals surface area contributed by atoms with Crippen LogP contribution in [0.1, 0.15) is 37.5 Å². The molecule has 31 heavy (non-hydrogen) atoms. The molecule has 2 amide bonds. The van der Waals surface area contributed by atoms with Crippen molar-refractivity contribution < 1.29 is 14.0 Å². The van der Waals surface area contributed by atoms with E-state index < -0.39 is 0 Å². The summed E-state index contributed by atoms with van der Waals surface area (Å²) in [4.78, 5) is 27.0. The smallest absolute Gasteiger partial charge is 0.293 e. The lowest BCUT2D eigenvalue weighted by Gasteiger charge is -2.14. The van der Waals surface area contributed by atoms with E-state index in [1.165, 1.54) is 22.6 Å². The van der Waals surface area contributed by atoms with Crippen LogP contribution in [0.4, 0.5) is 9.18 Å². The number of aromatic nitrogens is 1. The third-order valence-electron chi connectivity index (χ3n) is 5.37. The third kappa shape index (κ3) is 4.30. The van der Waals surface area contributed by atoms with Gasteiger partial charge in [-0.2, -0.15) is 0 Å². The lowest BCUT2D eigenvalue weighted by molar-refractivity contribution is -0.123. The van der Waals surface area contributed by atoms with Gasteiger partial charge in [0.2, 0.25) is 0 Å². The predicted octanol–water partition coefficient (Wildman–Crippen LogP) is 6.08. The molecule has 0 aliphatic carbocycles. The largest absolute Gasteiger partial charge is 0.342 e. The molecule has 160 valence electrons. The zero-order chi connectivity index (χ0) is 22.1. The molecule has 0 radical (unpaired) electrons. The molecule has 0 saturated carbocycles. The van der Waals surface area contributed by atoms with Gasteiger partial charge in [0.05, 0.1) is 10.4 Å². The van der Waals surface area contributed by atoms with E-state index in [1.807, 2.05) is 38.3 Å². The van der Waals surface area contributed by atoms with Crippen LogP contribution in [-0.2, 0) is 17.8 Å². The Hall–Kier alpha value is -2.86. The Morgan fingerprint density at radius 3 is 2.52 bits per heavy atom. The van der Waals surface area contributed by atoms with Crippen molar-refractivity contribution in [1.82, 2.24) is 9.47 Å². The first-order valence-corrected chi connectivity index (χ1v) is 11.3. The number of aryl methyl sites for hydroxylation is 1. The number of benzene rings is 2. The summed E-state index contributed by atoms with van der Waals surface area (Å²) < 4.78 is 15.5. The molecule has 6 heteroatoms. The van der Waals surface area contributed by atoms with Gasteiger partial charge < -0.3 is 4.57 Å². The molecule has 0 unspecified atom stereocenters. The maximum absolute atomic E-state index is 13.3. The Bertz CT molecular complexity index is 1180. The second kappa shape index (κ2) is 8.71. The van der Waals surface area contributed by atoms with Crippen LogP contribution in [0, 0.1) is 11.7 Å². The van der Waals surface area contributed by atoms with E-state index in [0.717, 1.165) is 40.2 Å². The highest BCUT2D eigenvalue weighted by atomic mass is 32.2. The zero-order valence-electron chi connectivity index (χ0n) is 17.9. The van der Waals surface area contributed by atoms with Crippen LogP contribution in [-0.4, -0.2) is 27.2 Å². The van der Waals surface area contributed by atoms with Gasteiger partial charge in [0.25, 0.3) is 11.1 Å². The molecular formula is C25H25FN2O2S. The minimum Gasteiger partial charge on any atom is -0.342 e. The first kappa shape index (κ1) is 21.4. The maximum atomic E-state index is 13.3. The summed E-state index contributed by atoms with van der Waals surface area (Å²) in [6, 6.07) is 12.7. The van der Waals surface area contributed by atoms with Gasteiger partial charge in [0, 0.05) is 30.2 Å². The number of amides is 2. The van der Waals surface area contributed by atoms with E-state index in [1.54, 1.807) is 12.1 Å². The summed E-state index contributed by atoms with van der Waals surface area (Å²) in [5, 5.41) is 0.825. The molecule has 2 aromatic carbocycles. The maximum Gasteiger partial charge on any atom is 0.293 e. The van der Waals surface area contributed by atoms with Gasteiger partial charge in [-0.05, 0) is 53.4 Å². The standard InChI is InChI=1S/C25H25FN2O2S/c1-4-18-6-5-7-21-19(12-22-24(29)28(13-16(2)3)25(30)31-22)15-27(23(18)21)14-17-8-10-20(26)11-9-17/h5-12,15-16H,4,13-14H2,1-3H3/b22-12-. The van der Waals surface area contributed by atoms with E-state index >= 15 is 0 Å². The third-order valence-corrected chi connectivity index (χ3v) is 6.28. The number of hydrogen-bond acceptors (Lipinski definition) is 3. The molecule has 1 aromatic heterocycles. The number of nitrogens with zero attached hydrogens (tertiary/aromatic N) is 2. The second-order valence-electron chi connectivity index (χ2n) is 8.19. The van der Waals surface area contributed by atoms with Gasteiger partial charge in [-0.15, -0.1) is 0 Å². The Morgan fingerprint density at radius 2 is 1.84 bits per heavy atom. The topological polar surface area (TPSA) is 42.3 Å². The van der Waals surface area contributed by atoms with Crippen LogP contribution in [0.25, 0.3) is 17.0 Å². The van der Waals surface area contributed by atoms with Crippen molar-refractivity contribution in [1.29, 1.82) is 0 Å². The average molecular weight is 437 g/mol. The molecule has 1 aliphatic heterocycles. The van der Waals surface area contributed by atoms with Crippen LogP contribution in [0.15, 0.2) is 53.6 Å². The first-order valence-electron chi connectivity index (χ1n) is 10.5. The lowest BCUT2D eigenvalue weighted by Crippen LogP contribution is -2.31. The zero-order valence-corrected chi connectivity index (χ0v) is 18.7. The highest BCUT2D eigenvalue weighted by Crippen LogP contribution is 2.35. The minimum atomic E-state index is -0.256. The van der Waals surface area contributed by atoms with Crippen molar-refractivity contribution in [3.8, 4) is 0 Å². The van der Waals surface area contributed by atoms with Crippen molar-refractivity contribution >= 4 is 39.9 Å². The molecule has 1 fully saturated rings. The van der Waals surface area contributed by atoms with Gasteiger partial charge in [-0.25, -0.2) is 4.39 Å². The summed E-state index contributed by atoms with van der Waals surface area (Å²) in [6.07, 6.45) is 4.72. The average Bonchev–Trinajstić information content (AvgIpc) is 3.21. The Morgan fingerprint density at radius 1 is 1.10 bits per heavy atom. The fourth-order valence-electron chi connectivity index (χ4n) is 3.94. The highest BCUT2D eigenvalue weighted by molar-refractivity contribution is 8.18. The molecule has 1 saturated heterocycles. The van der Waals surface area contributed by atoms with Gasteiger partial charge in [-0.3, -0.25) is 14.5 Å². The van der Waals surface area contributed by atoms with Crippen LogP contribution >= 0.6 is 11.8 Å². The van der Waals surface area contributed by atoms with Crippen molar-refractivity contribution in [2.75, 3.05) is 6.54 Å². The number of hydrogen-bond donors (Lipinski definition) is 0. The fourth-order valence-corrected chi connectivity index (χ4v) is 4.78. The molecular weight excluding hydrogens is 411 g/mol. The molecule has 4 nitrogen and oxygen atoms in total. The quantitative estimate of drug-likeness (QED) is 0.440. The first-order chi connectivity index (χ1) is 14.9. The summed E-state index contributed by atoms with van der Waals surface area (Å²) >= 11 is 1.000. The molecule has 4 rings (SSSR count). The highest BCUT2D eigenvalue weighted by Gasteiger charge is 2.35. The molecule has 1 aliphatic rings. The molecule has 0 atom stereocenters. The number of rotatable bonds is 6.